The Hall–Kier alpha value is -4.12. The quantitative estimate of drug-likeness (QED) is 0.163. The van der Waals surface area contributed by atoms with Gasteiger partial charge >= 0.3 is 18.1 Å². The zero-order chi connectivity index (χ0) is 29.2. The maximum Gasteiger partial charge on any atom is 0.407 e. The number of nitrogens with one attached hydrogen (secondary N) is 4. The molecule has 11 nitrogen and oxygen atoms in total. The van der Waals surface area contributed by atoms with Crippen molar-refractivity contribution in [3.8, 4) is 0 Å². The minimum atomic E-state index is -1.16. The molecule has 7 N–H and O–H groups in total. The molecule has 2 aromatic rings. The summed E-state index contributed by atoms with van der Waals surface area (Å²) in [5.74, 6) is -1.55. The predicted molar refractivity (Wildman–Crippen MR) is 151 cm³/mol. The van der Waals surface area contributed by atoms with Gasteiger partial charge in [0.15, 0.2) is 0 Å². The summed E-state index contributed by atoms with van der Waals surface area (Å²) in [6, 6.07) is 15.7. The third kappa shape index (κ3) is 12.6. The molecule has 0 aliphatic heterocycles. The normalized spacial score (nSPS) is 12.8. The molecule has 0 fully saturated rings. The number of nitrogens with two attached hydrogens (primary N) is 1. The van der Waals surface area contributed by atoms with Crippen molar-refractivity contribution in [3.63, 3.8) is 0 Å². The largest absolute Gasteiger partial charge is 0.480 e. The van der Waals surface area contributed by atoms with Crippen LogP contribution in [-0.2, 0) is 20.9 Å². The zero-order valence-electron chi connectivity index (χ0n) is 22.9. The van der Waals surface area contributed by atoms with Crippen molar-refractivity contribution >= 4 is 24.0 Å². The molecular formula is C29H41N5O6. The molecule has 3 atom stereocenters. The lowest BCUT2D eigenvalue weighted by Gasteiger charge is -2.23. The summed E-state index contributed by atoms with van der Waals surface area (Å²) >= 11 is 0. The van der Waals surface area contributed by atoms with Gasteiger partial charge in [0.2, 0.25) is 5.91 Å². The van der Waals surface area contributed by atoms with Crippen LogP contribution in [0.25, 0.3) is 0 Å². The highest BCUT2D eigenvalue weighted by molar-refractivity contribution is 5.89. The Balaban J connectivity index is 1.88. The molecule has 2 rings (SSSR count). The highest BCUT2D eigenvalue weighted by Crippen LogP contribution is 2.12. The van der Waals surface area contributed by atoms with Crippen molar-refractivity contribution in [1.82, 2.24) is 21.3 Å². The fourth-order valence-corrected chi connectivity index (χ4v) is 3.95. The van der Waals surface area contributed by atoms with Gasteiger partial charge in [0.05, 0.1) is 6.04 Å². The SMILES string of the molecule is C[C@@H](NC(=O)[C@@H](CCCCNC(=O)OCc1ccccc1)NC(=O)N[C@@H](CCCCN)C(=O)O)c1ccccc1. The van der Waals surface area contributed by atoms with Crippen LogP contribution in [0.3, 0.4) is 0 Å². The van der Waals surface area contributed by atoms with Gasteiger partial charge in [-0.15, -0.1) is 0 Å². The molecule has 0 heterocycles. The summed E-state index contributed by atoms with van der Waals surface area (Å²) in [6.45, 7) is 2.77. The maximum absolute atomic E-state index is 13.1. The highest BCUT2D eigenvalue weighted by Gasteiger charge is 2.25. The number of carbonyl (C=O) groups is 4. The third-order valence-corrected chi connectivity index (χ3v) is 6.23. The Kier molecular flexibility index (Phi) is 14.6. The standard InChI is InChI=1S/C29H41N5O6/c1-21(23-14-6-3-7-15-23)32-26(35)24(33-28(38)34-25(27(36)37)17-8-10-18-30)16-9-11-19-31-29(39)40-20-22-12-4-2-5-13-22/h2-7,12-15,21,24-25H,8-11,16-20,30H2,1H3,(H,31,39)(H,32,35)(H,36,37)(H2,33,34,38)/t21-,24-,25+/m1/s1. The average Bonchev–Trinajstić information content (AvgIpc) is 2.95. The van der Waals surface area contributed by atoms with Crippen LogP contribution in [0, 0.1) is 0 Å². The van der Waals surface area contributed by atoms with Gasteiger partial charge in [0, 0.05) is 6.54 Å². The Bertz CT molecular complexity index is 1050. The summed E-state index contributed by atoms with van der Waals surface area (Å²) in [6.07, 6.45) is 2.22. The molecule has 4 amide bonds. The van der Waals surface area contributed by atoms with E-state index in [-0.39, 0.29) is 25.5 Å². The van der Waals surface area contributed by atoms with E-state index in [0.717, 1.165) is 11.1 Å². The number of carbonyl (C=O) groups excluding carboxylic acids is 3. The summed E-state index contributed by atoms with van der Waals surface area (Å²) in [5.41, 5.74) is 7.26. The van der Waals surface area contributed by atoms with Gasteiger partial charge < -0.3 is 36.8 Å². The van der Waals surface area contributed by atoms with Crippen LogP contribution in [0.1, 0.15) is 62.6 Å². The van der Waals surface area contributed by atoms with Gasteiger partial charge in [0.1, 0.15) is 18.7 Å². The Morgan fingerprint density at radius 2 is 1.43 bits per heavy atom. The van der Waals surface area contributed by atoms with E-state index in [1.165, 1.54) is 0 Å². The molecule has 2 aromatic carbocycles. The topological polar surface area (TPSA) is 172 Å². The van der Waals surface area contributed by atoms with Crippen molar-refractivity contribution in [3.05, 3.63) is 71.8 Å². The predicted octanol–water partition coefficient (Wildman–Crippen LogP) is 3.21. The molecule has 0 aromatic heterocycles. The number of carboxylic acids is 1. The molecule has 0 radical (unpaired) electrons. The number of urea groups is 1. The van der Waals surface area contributed by atoms with Gasteiger partial charge in [0.25, 0.3) is 0 Å². The van der Waals surface area contributed by atoms with E-state index in [1.807, 2.05) is 67.6 Å². The summed E-state index contributed by atoms with van der Waals surface area (Å²) < 4.78 is 5.19. The number of alkyl carbamates (subject to hydrolysis) is 1. The fraction of sp³-hybridized carbons (Fsp3) is 0.448. The first kappa shape index (κ1) is 32.1. The smallest absolute Gasteiger partial charge is 0.407 e. The second-order valence-corrected chi connectivity index (χ2v) is 9.47. The van der Waals surface area contributed by atoms with Gasteiger partial charge in [-0.1, -0.05) is 60.7 Å². The third-order valence-electron chi connectivity index (χ3n) is 6.23. The Labute approximate surface area is 235 Å². The molecule has 0 saturated heterocycles. The molecule has 0 aliphatic rings. The number of amides is 4. The van der Waals surface area contributed by atoms with Crippen molar-refractivity contribution in [2.45, 2.75) is 70.2 Å². The van der Waals surface area contributed by atoms with Crippen LogP contribution in [0.5, 0.6) is 0 Å². The highest BCUT2D eigenvalue weighted by atomic mass is 16.5. The van der Waals surface area contributed by atoms with Crippen molar-refractivity contribution in [2.24, 2.45) is 5.73 Å². The average molecular weight is 556 g/mol. The fourth-order valence-electron chi connectivity index (χ4n) is 3.95. The lowest BCUT2D eigenvalue weighted by atomic mass is 10.1. The van der Waals surface area contributed by atoms with Gasteiger partial charge in [-0.2, -0.15) is 0 Å². The summed E-state index contributed by atoms with van der Waals surface area (Å²) in [7, 11) is 0. The minimum Gasteiger partial charge on any atom is -0.480 e. The monoisotopic (exact) mass is 555 g/mol. The molecular weight excluding hydrogens is 514 g/mol. The summed E-state index contributed by atoms with van der Waals surface area (Å²) in [5, 5.41) is 20.1. The van der Waals surface area contributed by atoms with Crippen LogP contribution >= 0.6 is 0 Å². The number of unbranched alkanes of at least 4 members (excludes halogenated alkanes) is 2. The van der Waals surface area contributed by atoms with E-state index in [2.05, 4.69) is 21.3 Å². The number of benzene rings is 2. The molecule has 0 aliphatic carbocycles. The van der Waals surface area contributed by atoms with Gasteiger partial charge in [-0.05, 0) is 63.1 Å². The van der Waals surface area contributed by atoms with E-state index in [4.69, 9.17) is 10.5 Å². The van der Waals surface area contributed by atoms with Crippen molar-refractivity contribution in [1.29, 1.82) is 0 Å². The van der Waals surface area contributed by atoms with E-state index in [0.29, 0.717) is 38.8 Å². The molecule has 0 unspecified atom stereocenters. The Morgan fingerprint density at radius 1 is 0.825 bits per heavy atom. The molecule has 0 bridgehead atoms. The van der Waals surface area contributed by atoms with E-state index < -0.39 is 36.1 Å². The number of hydrogen-bond donors (Lipinski definition) is 6. The van der Waals surface area contributed by atoms with E-state index in [9.17, 15) is 24.3 Å². The van der Waals surface area contributed by atoms with Gasteiger partial charge in [-0.25, -0.2) is 14.4 Å². The van der Waals surface area contributed by atoms with Crippen LogP contribution in [-0.4, -0.2) is 54.3 Å². The molecule has 0 saturated carbocycles. The van der Waals surface area contributed by atoms with Crippen LogP contribution in [0.4, 0.5) is 9.59 Å². The van der Waals surface area contributed by atoms with Gasteiger partial charge in [-0.3, -0.25) is 4.79 Å². The second-order valence-electron chi connectivity index (χ2n) is 9.47. The van der Waals surface area contributed by atoms with Crippen LogP contribution in [0.2, 0.25) is 0 Å². The molecule has 0 spiro atoms. The van der Waals surface area contributed by atoms with Crippen molar-refractivity contribution < 1.29 is 29.0 Å². The first-order valence-electron chi connectivity index (χ1n) is 13.6. The van der Waals surface area contributed by atoms with Crippen molar-refractivity contribution in [2.75, 3.05) is 13.1 Å². The Morgan fingerprint density at radius 3 is 2.08 bits per heavy atom. The number of carboxylic acid groups (broad SMARTS) is 1. The number of rotatable bonds is 17. The lowest BCUT2D eigenvalue weighted by molar-refractivity contribution is -0.139. The molecule has 40 heavy (non-hydrogen) atoms. The lowest BCUT2D eigenvalue weighted by Crippen LogP contribution is -2.53. The van der Waals surface area contributed by atoms with E-state index >= 15 is 0 Å². The minimum absolute atomic E-state index is 0.164. The number of hydrogen-bond acceptors (Lipinski definition) is 6. The maximum atomic E-state index is 13.1. The number of aliphatic carboxylic acids is 1. The number of ether oxygens (including phenoxy) is 1. The van der Waals surface area contributed by atoms with Crippen LogP contribution in [0.15, 0.2) is 60.7 Å². The first-order valence-corrected chi connectivity index (χ1v) is 13.6. The molecule has 218 valence electrons. The van der Waals surface area contributed by atoms with Crippen LogP contribution < -0.4 is 27.0 Å². The second kappa shape index (κ2) is 18.2. The zero-order valence-corrected chi connectivity index (χ0v) is 22.9. The molecule has 11 heteroatoms. The first-order chi connectivity index (χ1) is 19.3. The summed E-state index contributed by atoms with van der Waals surface area (Å²) in [4.78, 5) is 49.3. The van der Waals surface area contributed by atoms with E-state index in [1.54, 1.807) is 0 Å².